The summed E-state index contributed by atoms with van der Waals surface area (Å²) < 4.78 is 3.97. The number of imidazole rings is 1. The smallest absolute Gasteiger partial charge is 0.358 e. The highest BCUT2D eigenvalue weighted by molar-refractivity contribution is 5.56. The maximum absolute atomic E-state index is 11.3. The summed E-state index contributed by atoms with van der Waals surface area (Å²) in [4.78, 5) is 17.0. The molecule has 1 atom stereocenters. The van der Waals surface area contributed by atoms with Gasteiger partial charge in [0.2, 0.25) is 12.1 Å². The number of fused-ring (bicyclic) bond motifs is 1. The molecule has 0 saturated carbocycles. The fourth-order valence-corrected chi connectivity index (χ4v) is 3.91. The number of hydrogen-bond acceptors (Lipinski definition) is 6. The molecule has 0 aliphatic carbocycles. The zero-order valence-corrected chi connectivity index (χ0v) is 13.8. The van der Waals surface area contributed by atoms with Crippen LogP contribution in [0.1, 0.15) is 49.8 Å². The molecule has 24 heavy (non-hydrogen) atoms. The molecule has 2 aromatic rings. The second-order valence-electron chi connectivity index (χ2n) is 6.55. The van der Waals surface area contributed by atoms with Crippen LogP contribution in [0.5, 0.6) is 0 Å². The normalized spacial score (nSPS) is 20.9. The maximum Gasteiger partial charge on any atom is 0.406 e. The van der Waals surface area contributed by atoms with E-state index in [0.29, 0.717) is 5.82 Å². The van der Waals surface area contributed by atoms with Crippen molar-refractivity contribution in [3.8, 4) is 0 Å². The van der Waals surface area contributed by atoms with Gasteiger partial charge in [0.05, 0.1) is 6.04 Å². The fourth-order valence-electron chi connectivity index (χ4n) is 3.91. The first-order valence-corrected chi connectivity index (χ1v) is 8.51. The predicted molar refractivity (Wildman–Crippen MR) is 86.8 cm³/mol. The minimum absolute atomic E-state index is 0.0263. The van der Waals surface area contributed by atoms with Crippen LogP contribution in [-0.2, 0) is 20.0 Å². The Bertz CT molecular complexity index is 766. The molecule has 0 aromatic carbocycles. The molecule has 1 saturated heterocycles. The molecule has 9 heteroatoms. The highest BCUT2D eigenvalue weighted by Gasteiger charge is 2.37. The van der Waals surface area contributed by atoms with Gasteiger partial charge in [-0.2, -0.15) is 0 Å². The molecule has 2 aromatic heterocycles. The van der Waals surface area contributed by atoms with Crippen LogP contribution in [0, 0.1) is 10.1 Å². The number of nitro groups is 1. The quantitative estimate of drug-likeness (QED) is 0.630. The van der Waals surface area contributed by atoms with E-state index in [9.17, 15) is 10.1 Å². The number of nitrogens with zero attached hydrogens (tertiary/aromatic N) is 7. The highest BCUT2D eigenvalue weighted by Crippen LogP contribution is 2.39. The summed E-state index contributed by atoms with van der Waals surface area (Å²) in [6.07, 6.45) is 7.88. The Labute approximate surface area is 139 Å². The van der Waals surface area contributed by atoms with Crippen LogP contribution in [0.3, 0.4) is 0 Å². The lowest BCUT2D eigenvalue weighted by atomic mass is 10.2. The van der Waals surface area contributed by atoms with Gasteiger partial charge in [-0.25, -0.2) is 0 Å². The van der Waals surface area contributed by atoms with E-state index in [2.05, 4.69) is 24.6 Å². The van der Waals surface area contributed by atoms with Crippen LogP contribution in [-0.4, -0.2) is 35.8 Å². The van der Waals surface area contributed by atoms with Crippen LogP contribution in [0.25, 0.3) is 0 Å². The Morgan fingerprint density at radius 3 is 2.92 bits per heavy atom. The molecule has 0 bridgehead atoms. The second-order valence-corrected chi connectivity index (χ2v) is 6.55. The van der Waals surface area contributed by atoms with Crippen molar-refractivity contribution in [2.24, 2.45) is 7.05 Å². The average molecular weight is 331 g/mol. The highest BCUT2D eigenvalue weighted by atomic mass is 16.6. The predicted octanol–water partition coefficient (Wildman–Crippen LogP) is 1.99. The summed E-state index contributed by atoms with van der Waals surface area (Å²) >= 11 is 0. The molecule has 2 aliphatic heterocycles. The van der Waals surface area contributed by atoms with Crippen LogP contribution in [0.4, 0.5) is 11.6 Å². The zero-order chi connectivity index (χ0) is 16.7. The molecule has 0 amide bonds. The molecule has 0 unspecified atom stereocenters. The third-order valence-electron chi connectivity index (χ3n) is 5.02. The Balaban J connectivity index is 1.73. The van der Waals surface area contributed by atoms with E-state index in [1.165, 1.54) is 12.7 Å². The molecule has 9 nitrogen and oxygen atoms in total. The fraction of sp³-hybridized carbons (Fsp3) is 0.667. The van der Waals surface area contributed by atoms with E-state index < -0.39 is 4.92 Å². The number of aryl methyl sites for hydroxylation is 2. The summed E-state index contributed by atoms with van der Waals surface area (Å²) in [6.45, 7) is 1.71. The van der Waals surface area contributed by atoms with E-state index in [-0.39, 0.29) is 11.9 Å². The number of rotatable bonds is 3. The van der Waals surface area contributed by atoms with E-state index in [0.717, 1.165) is 56.8 Å². The summed E-state index contributed by atoms with van der Waals surface area (Å²) in [5.41, 5.74) is 0. The second kappa shape index (κ2) is 5.88. The maximum atomic E-state index is 11.3. The lowest BCUT2D eigenvalue weighted by molar-refractivity contribution is -0.388. The number of anilines is 1. The van der Waals surface area contributed by atoms with Gasteiger partial charge in [0, 0.05) is 26.6 Å². The summed E-state index contributed by atoms with van der Waals surface area (Å²) in [5, 5.41) is 20.2. The van der Waals surface area contributed by atoms with Gasteiger partial charge >= 0.3 is 5.82 Å². The minimum Gasteiger partial charge on any atom is -0.358 e. The molecular formula is C15H21N7O2. The van der Waals surface area contributed by atoms with Gasteiger partial charge in [-0.15, -0.1) is 10.2 Å². The van der Waals surface area contributed by atoms with Crippen molar-refractivity contribution in [3.05, 3.63) is 28.1 Å². The van der Waals surface area contributed by atoms with Gasteiger partial charge in [0.15, 0.2) is 5.82 Å². The Kier molecular flexibility index (Phi) is 3.70. The topological polar surface area (TPSA) is 94.9 Å². The first-order chi connectivity index (χ1) is 11.7. The van der Waals surface area contributed by atoms with Gasteiger partial charge in [-0.1, -0.05) is 6.42 Å². The van der Waals surface area contributed by atoms with Gasteiger partial charge in [0.1, 0.15) is 5.82 Å². The standard InChI is InChI=1S/C15H21N7O2/c1-19-10-16-14(22(23)24)15(19)20-9-5-6-11(20)13-18-17-12-7-3-2-4-8-21(12)13/h10-11H,2-9H2,1H3/t11-/m1/s1. The van der Waals surface area contributed by atoms with Crippen molar-refractivity contribution >= 4 is 11.6 Å². The molecule has 4 heterocycles. The third-order valence-corrected chi connectivity index (χ3v) is 5.02. The number of hydrogen-bond donors (Lipinski definition) is 0. The monoisotopic (exact) mass is 331 g/mol. The molecule has 1 fully saturated rings. The molecule has 0 N–H and O–H groups in total. The van der Waals surface area contributed by atoms with E-state index in [1.54, 1.807) is 11.6 Å². The summed E-state index contributed by atoms with van der Waals surface area (Å²) in [5.74, 6) is 2.47. The largest absolute Gasteiger partial charge is 0.406 e. The third kappa shape index (κ3) is 2.35. The average Bonchev–Trinajstić information content (AvgIpc) is 3.22. The first-order valence-electron chi connectivity index (χ1n) is 8.51. The van der Waals surface area contributed by atoms with Crippen molar-refractivity contribution in [1.82, 2.24) is 24.3 Å². The molecule has 0 radical (unpaired) electrons. The summed E-state index contributed by atoms with van der Waals surface area (Å²) in [6, 6.07) is 0.0263. The molecule has 4 rings (SSSR count). The molecule has 2 aliphatic rings. The van der Waals surface area contributed by atoms with Crippen molar-refractivity contribution in [2.75, 3.05) is 11.4 Å². The van der Waals surface area contributed by atoms with Gasteiger partial charge in [0.25, 0.3) is 0 Å². The van der Waals surface area contributed by atoms with E-state index in [1.807, 2.05) is 0 Å². The SMILES string of the molecule is Cn1cnc([N+](=O)[O-])c1N1CCC[C@@H]1c1nnc2n1CCCCC2. The van der Waals surface area contributed by atoms with E-state index >= 15 is 0 Å². The summed E-state index contributed by atoms with van der Waals surface area (Å²) in [7, 11) is 1.80. The van der Waals surface area contributed by atoms with Crippen LogP contribution >= 0.6 is 0 Å². The van der Waals surface area contributed by atoms with Gasteiger partial charge < -0.3 is 19.6 Å². The van der Waals surface area contributed by atoms with Crippen LogP contribution in [0.15, 0.2) is 6.33 Å². The van der Waals surface area contributed by atoms with Crippen LogP contribution < -0.4 is 4.90 Å². The number of aromatic nitrogens is 5. The van der Waals surface area contributed by atoms with Crippen LogP contribution in [0.2, 0.25) is 0 Å². The van der Waals surface area contributed by atoms with Crippen molar-refractivity contribution in [1.29, 1.82) is 0 Å². The Hall–Kier alpha value is -2.45. The van der Waals surface area contributed by atoms with Gasteiger partial charge in [-0.05, 0) is 35.6 Å². The first kappa shape index (κ1) is 15.1. The minimum atomic E-state index is -0.408. The Morgan fingerprint density at radius 1 is 1.21 bits per heavy atom. The van der Waals surface area contributed by atoms with Crippen molar-refractivity contribution < 1.29 is 4.92 Å². The zero-order valence-electron chi connectivity index (χ0n) is 13.8. The van der Waals surface area contributed by atoms with Gasteiger partial charge in [-0.3, -0.25) is 4.57 Å². The lowest BCUT2D eigenvalue weighted by Crippen LogP contribution is -2.27. The molecule has 128 valence electrons. The lowest BCUT2D eigenvalue weighted by Gasteiger charge is -2.25. The van der Waals surface area contributed by atoms with Crippen molar-refractivity contribution in [2.45, 2.75) is 51.1 Å². The Morgan fingerprint density at radius 2 is 2.08 bits per heavy atom. The molecular weight excluding hydrogens is 310 g/mol. The van der Waals surface area contributed by atoms with Crippen molar-refractivity contribution in [3.63, 3.8) is 0 Å². The molecule has 0 spiro atoms. The van der Waals surface area contributed by atoms with E-state index in [4.69, 9.17) is 0 Å².